The second-order valence-corrected chi connectivity index (χ2v) is 4.36. The zero-order chi connectivity index (χ0) is 11.7. The van der Waals surface area contributed by atoms with Gasteiger partial charge in [0.2, 0.25) is 0 Å². The Kier molecular flexibility index (Phi) is 2.81. The highest BCUT2D eigenvalue weighted by Gasteiger charge is 2.16. The smallest absolute Gasteiger partial charge is 0.260 e. The van der Waals surface area contributed by atoms with Crippen molar-refractivity contribution in [3.05, 3.63) is 17.5 Å². The molecule has 0 saturated carbocycles. The second kappa shape index (κ2) is 4.12. The quantitative estimate of drug-likeness (QED) is 0.862. The topological polar surface area (TPSA) is 64.9 Å². The van der Waals surface area contributed by atoms with Crippen LogP contribution >= 0.6 is 0 Å². The summed E-state index contributed by atoms with van der Waals surface area (Å²) in [6, 6.07) is 1.93. The summed E-state index contributed by atoms with van der Waals surface area (Å²) in [5.74, 6) is 0.294. The van der Waals surface area contributed by atoms with E-state index >= 15 is 0 Å². The summed E-state index contributed by atoms with van der Waals surface area (Å²) in [6.07, 6.45) is 1.96. The fourth-order valence-corrected chi connectivity index (χ4v) is 1.83. The van der Waals surface area contributed by atoms with Crippen LogP contribution in [0.3, 0.4) is 0 Å². The van der Waals surface area contributed by atoms with Crippen LogP contribution in [-0.4, -0.2) is 10.1 Å². The average molecular weight is 219 g/mol. The molecule has 0 bridgehead atoms. The zero-order valence-electron chi connectivity index (χ0n) is 9.95. The molecule has 0 aliphatic carbocycles. The Hall–Kier alpha value is -1.58. The summed E-state index contributed by atoms with van der Waals surface area (Å²) in [5.41, 5.74) is 9.18. The molecule has 2 rings (SSSR count). The second-order valence-electron chi connectivity index (χ2n) is 4.36. The van der Waals surface area contributed by atoms with Crippen LogP contribution in [0.5, 0.6) is 0 Å². The van der Waals surface area contributed by atoms with Gasteiger partial charge in [0.15, 0.2) is 0 Å². The van der Waals surface area contributed by atoms with Crippen molar-refractivity contribution in [1.29, 1.82) is 0 Å². The van der Waals surface area contributed by atoms with E-state index in [1.54, 1.807) is 0 Å². The van der Waals surface area contributed by atoms with E-state index in [0.29, 0.717) is 11.6 Å². The standard InChI is InChI=1S/C12H17N3O/c1-4-5-8-6-9(13)10-11(7(2)3)15-16-12(10)14-8/h6-7H,4-5H2,1-3H3,(H2,13,14). The molecule has 0 spiro atoms. The van der Waals surface area contributed by atoms with Crippen molar-refractivity contribution in [3.63, 3.8) is 0 Å². The van der Waals surface area contributed by atoms with E-state index in [1.165, 1.54) is 0 Å². The number of nitrogen functional groups attached to an aromatic ring is 1. The largest absolute Gasteiger partial charge is 0.398 e. The van der Waals surface area contributed by atoms with Gasteiger partial charge in [0.1, 0.15) is 0 Å². The van der Waals surface area contributed by atoms with E-state index in [2.05, 4.69) is 30.9 Å². The third kappa shape index (κ3) is 1.75. The summed E-state index contributed by atoms with van der Waals surface area (Å²) in [4.78, 5) is 4.42. The summed E-state index contributed by atoms with van der Waals surface area (Å²) in [6.45, 7) is 6.25. The molecular weight excluding hydrogens is 202 g/mol. The van der Waals surface area contributed by atoms with Crippen molar-refractivity contribution in [2.24, 2.45) is 0 Å². The van der Waals surface area contributed by atoms with Crippen molar-refractivity contribution >= 4 is 16.8 Å². The fourth-order valence-electron chi connectivity index (χ4n) is 1.83. The van der Waals surface area contributed by atoms with E-state index in [9.17, 15) is 0 Å². The average Bonchev–Trinajstić information content (AvgIpc) is 2.62. The predicted molar refractivity (Wildman–Crippen MR) is 64.3 cm³/mol. The van der Waals surface area contributed by atoms with Crippen LogP contribution in [0.2, 0.25) is 0 Å². The number of aryl methyl sites for hydroxylation is 1. The van der Waals surface area contributed by atoms with E-state index < -0.39 is 0 Å². The molecule has 0 aliphatic heterocycles. The number of hydrogen-bond donors (Lipinski definition) is 1. The molecule has 0 aliphatic rings. The lowest BCUT2D eigenvalue weighted by molar-refractivity contribution is 0.434. The van der Waals surface area contributed by atoms with Gasteiger partial charge in [-0.2, -0.15) is 0 Å². The van der Waals surface area contributed by atoms with Crippen molar-refractivity contribution in [1.82, 2.24) is 10.1 Å². The van der Waals surface area contributed by atoms with Gasteiger partial charge in [0.25, 0.3) is 5.71 Å². The van der Waals surface area contributed by atoms with Crippen molar-refractivity contribution in [2.75, 3.05) is 5.73 Å². The van der Waals surface area contributed by atoms with Gasteiger partial charge in [-0.3, -0.25) is 0 Å². The third-order valence-electron chi connectivity index (χ3n) is 2.61. The molecule has 0 aromatic carbocycles. The molecule has 4 heteroatoms. The van der Waals surface area contributed by atoms with Gasteiger partial charge in [-0.25, -0.2) is 4.98 Å². The summed E-state index contributed by atoms with van der Waals surface area (Å²) < 4.78 is 5.24. The van der Waals surface area contributed by atoms with E-state index in [1.807, 2.05) is 6.07 Å². The predicted octanol–water partition coefficient (Wildman–Crippen LogP) is 2.88. The number of pyridine rings is 1. The Bertz CT molecular complexity index is 502. The lowest BCUT2D eigenvalue weighted by Crippen LogP contribution is -1.96. The number of fused-ring (bicyclic) bond motifs is 1. The first-order chi connectivity index (χ1) is 7.63. The van der Waals surface area contributed by atoms with Crippen LogP contribution in [0.25, 0.3) is 11.1 Å². The lowest BCUT2D eigenvalue weighted by atomic mass is 10.1. The lowest BCUT2D eigenvalue weighted by Gasteiger charge is -2.03. The highest BCUT2D eigenvalue weighted by atomic mass is 16.5. The van der Waals surface area contributed by atoms with E-state index in [0.717, 1.165) is 35.3 Å². The molecule has 0 atom stereocenters. The molecule has 86 valence electrons. The Labute approximate surface area is 94.8 Å². The minimum Gasteiger partial charge on any atom is -0.398 e. The maximum absolute atomic E-state index is 6.03. The molecular formula is C12H17N3O. The van der Waals surface area contributed by atoms with E-state index in [4.69, 9.17) is 10.3 Å². The van der Waals surface area contributed by atoms with Gasteiger partial charge in [-0.15, -0.1) is 0 Å². The van der Waals surface area contributed by atoms with Crippen LogP contribution in [0.1, 0.15) is 44.5 Å². The first-order valence-corrected chi connectivity index (χ1v) is 5.68. The Morgan fingerprint density at radius 3 is 2.81 bits per heavy atom. The fraction of sp³-hybridized carbons (Fsp3) is 0.500. The number of nitrogens with two attached hydrogens (primary N) is 1. The van der Waals surface area contributed by atoms with Crippen molar-refractivity contribution < 1.29 is 4.52 Å². The minimum atomic E-state index is 0.294. The molecule has 2 heterocycles. The summed E-state index contributed by atoms with van der Waals surface area (Å²) in [7, 11) is 0. The van der Waals surface area contributed by atoms with Gasteiger partial charge in [0.05, 0.1) is 11.1 Å². The van der Waals surface area contributed by atoms with Gasteiger partial charge < -0.3 is 10.3 Å². The summed E-state index contributed by atoms with van der Waals surface area (Å²) in [5, 5.41) is 4.91. The normalized spacial score (nSPS) is 11.5. The highest BCUT2D eigenvalue weighted by Crippen LogP contribution is 2.29. The first kappa shape index (κ1) is 10.9. The van der Waals surface area contributed by atoms with Gasteiger partial charge in [-0.05, 0) is 18.4 Å². The minimum absolute atomic E-state index is 0.294. The van der Waals surface area contributed by atoms with Crippen molar-refractivity contribution in [2.45, 2.75) is 39.5 Å². The number of nitrogens with zero attached hydrogens (tertiary/aromatic N) is 2. The first-order valence-electron chi connectivity index (χ1n) is 5.68. The SMILES string of the molecule is CCCc1cc(N)c2c(C(C)C)noc2n1. The molecule has 0 radical (unpaired) electrons. The van der Waals surface area contributed by atoms with Crippen LogP contribution in [0.4, 0.5) is 5.69 Å². The highest BCUT2D eigenvalue weighted by molar-refractivity contribution is 5.89. The number of hydrogen-bond acceptors (Lipinski definition) is 4. The number of aromatic nitrogens is 2. The molecule has 2 aromatic rings. The number of rotatable bonds is 3. The monoisotopic (exact) mass is 219 g/mol. The molecule has 2 N–H and O–H groups in total. The van der Waals surface area contributed by atoms with E-state index in [-0.39, 0.29) is 0 Å². The Balaban J connectivity index is 2.59. The Morgan fingerprint density at radius 2 is 2.19 bits per heavy atom. The Morgan fingerprint density at radius 1 is 1.44 bits per heavy atom. The van der Waals surface area contributed by atoms with Gasteiger partial charge in [0, 0.05) is 11.4 Å². The third-order valence-corrected chi connectivity index (χ3v) is 2.61. The van der Waals surface area contributed by atoms with Crippen LogP contribution in [0.15, 0.2) is 10.6 Å². The van der Waals surface area contributed by atoms with Crippen LogP contribution in [0, 0.1) is 0 Å². The maximum atomic E-state index is 6.03. The molecule has 0 amide bonds. The molecule has 0 unspecified atom stereocenters. The van der Waals surface area contributed by atoms with Gasteiger partial charge >= 0.3 is 0 Å². The summed E-state index contributed by atoms with van der Waals surface area (Å²) >= 11 is 0. The molecule has 0 saturated heterocycles. The van der Waals surface area contributed by atoms with Crippen LogP contribution < -0.4 is 5.73 Å². The molecule has 4 nitrogen and oxygen atoms in total. The number of anilines is 1. The molecule has 2 aromatic heterocycles. The van der Waals surface area contributed by atoms with Crippen molar-refractivity contribution in [3.8, 4) is 0 Å². The molecule has 16 heavy (non-hydrogen) atoms. The van der Waals surface area contributed by atoms with Gasteiger partial charge in [-0.1, -0.05) is 32.3 Å². The van der Waals surface area contributed by atoms with Crippen LogP contribution in [-0.2, 0) is 6.42 Å². The molecule has 0 fully saturated rings. The maximum Gasteiger partial charge on any atom is 0.260 e. The zero-order valence-corrected chi connectivity index (χ0v) is 9.95.